The van der Waals surface area contributed by atoms with Crippen molar-refractivity contribution >= 4 is 11.8 Å². The van der Waals surface area contributed by atoms with E-state index in [1.165, 1.54) is 17.0 Å². The first-order valence-electron chi connectivity index (χ1n) is 8.55. The summed E-state index contributed by atoms with van der Waals surface area (Å²) < 4.78 is 38.8. The van der Waals surface area contributed by atoms with Crippen molar-refractivity contribution in [2.75, 3.05) is 6.54 Å². The van der Waals surface area contributed by atoms with Gasteiger partial charge in [-0.15, -0.1) is 0 Å². The van der Waals surface area contributed by atoms with Gasteiger partial charge in [-0.25, -0.2) is 0 Å². The average molecular weight is 394 g/mol. The Morgan fingerprint density at radius 1 is 1.00 bits per heavy atom. The second kappa shape index (κ2) is 8.02. The van der Waals surface area contributed by atoms with E-state index in [-0.39, 0.29) is 23.6 Å². The molecule has 0 aromatic heterocycles. The van der Waals surface area contributed by atoms with Crippen molar-refractivity contribution in [1.29, 1.82) is 0 Å². The summed E-state index contributed by atoms with van der Waals surface area (Å²) in [5.41, 5.74) is 3.18. The molecule has 2 amide bonds. The SMILES string of the molecule is CCN(Cc1ccc(C(N)=O)cc1)C(=O)c1ccc(C(C)(O)C(F)(F)F)cc1. The van der Waals surface area contributed by atoms with Crippen molar-refractivity contribution in [1.82, 2.24) is 4.90 Å². The predicted octanol–water partition coefficient (Wildman–Crippen LogP) is 3.22. The maximum Gasteiger partial charge on any atom is 0.421 e. The van der Waals surface area contributed by atoms with Crippen LogP contribution in [0.2, 0.25) is 0 Å². The van der Waals surface area contributed by atoms with Crippen LogP contribution in [-0.2, 0) is 12.1 Å². The van der Waals surface area contributed by atoms with E-state index in [4.69, 9.17) is 5.73 Å². The molecule has 2 rings (SSSR count). The first kappa shape index (κ1) is 21.4. The number of halogens is 3. The van der Waals surface area contributed by atoms with Crippen molar-refractivity contribution in [3.63, 3.8) is 0 Å². The number of amides is 2. The Morgan fingerprint density at radius 3 is 1.93 bits per heavy atom. The summed E-state index contributed by atoms with van der Waals surface area (Å²) >= 11 is 0. The van der Waals surface area contributed by atoms with Gasteiger partial charge in [0.05, 0.1) is 0 Å². The molecule has 0 radical (unpaired) electrons. The van der Waals surface area contributed by atoms with Crippen LogP contribution in [0, 0.1) is 0 Å². The molecule has 0 heterocycles. The number of rotatable bonds is 6. The maximum absolute atomic E-state index is 12.9. The number of carbonyl (C=O) groups excluding carboxylic acids is 2. The van der Waals surface area contributed by atoms with Gasteiger partial charge in [0.2, 0.25) is 5.91 Å². The minimum Gasteiger partial charge on any atom is -0.376 e. The van der Waals surface area contributed by atoms with Gasteiger partial charge >= 0.3 is 6.18 Å². The van der Waals surface area contributed by atoms with Crippen molar-refractivity contribution in [3.8, 4) is 0 Å². The summed E-state index contributed by atoms with van der Waals surface area (Å²) in [5, 5.41) is 9.71. The highest BCUT2D eigenvalue weighted by molar-refractivity contribution is 5.94. The van der Waals surface area contributed by atoms with Gasteiger partial charge in [0, 0.05) is 24.2 Å². The van der Waals surface area contributed by atoms with Crippen molar-refractivity contribution in [3.05, 3.63) is 70.8 Å². The molecule has 0 bridgehead atoms. The quantitative estimate of drug-likeness (QED) is 0.789. The minimum absolute atomic E-state index is 0.206. The van der Waals surface area contributed by atoms with Crippen molar-refractivity contribution < 1.29 is 27.9 Å². The highest BCUT2D eigenvalue weighted by atomic mass is 19.4. The average Bonchev–Trinajstić information content (AvgIpc) is 2.65. The Kier molecular flexibility index (Phi) is 6.14. The first-order chi connectivity index (χ1) is 13.0. The lowest BCUT2D eigenvalue weighted by molar-refractivity contribution is -0.258. The molecule has 0 aliphatic rings. The summed E-state index contributed by atoms with van der Waals surface area (Å²) in [6.07, 6.45) is -4.83. The number of hydrogen-bond acceptors (Lipinski definition) is 3. The molecule has 28 heavy (non-hydrogen) atoms. The Morgan fingerprint density at radius 2 is 1.50 bits per heavy atom. The number of benzene rings is 2. The van der Waals surface area contributed by atoms with E-state index in [2.05, 4.69) is 0 Å². The van der Waals surface area contributed by atoms with E-state index in [1.54, 1.807) is 31.2 Å². The monoisotopic (exact) mass is 394 g/mol. The summed E-state index contributed by atoms with van der Waals surface area (Å²) in [7, 11) is 0. The number of nitrogens with two attached hydrogens (primary N) is 1. The van der Waals surface area contributed by atoms with Crippen molar-refractivity contribution in [2.24, 2.45) is 5.73 Å². The number of nitrogens with zero attached hydrogens (tertiary/aromatic N) is 1. The van der Waals surface area contributed by atoms with Crippen LogP contribution in [0.4, 0.5) is 13.2 Å². The van der Waals surface area contributed by atoms with Gasteiger partial charge in [-0.1, -0.05) is 24.3 Å². The maximum atomic E-state index is 12.9. The number of primary amides is 1. The molecule has 1 atom stereocenters. The smallest absolute Gasteiger partial charge is 0.376 e. The second-order valence-corrected chi connectivity index (χ2v) is 6.53. The van der Waals surface area contributed by atoms with E-state index < -0.39 is 17.7 Å². The number of alkyl halides is 3. The molecule has 1 unspecified atom stereocenters. The lowest BCUT2D eigenvalue weighted by atomic mass is 9.94. The van der Waals surface area contributed by atoms with Gasteiger partial charge in [0.1, 0.15) is 0 Å². The molecule has 2 aromatic carbocycles. The Hall–Kier alpha value is -2.87. The fourth-order valence-corrected chi connectivity index (χ4v) is 2.61. The van der Waals surface area contributed by atoms with Crippen LogP contribution in [0.1, 0.15) is 45.7 Å². The second-order valence-electron chi connectivity index (χ2n) is 6.53. The third kappa shape index (κ3) is 4.51. The van der Waals surface area contributed by atoms with E-state index in [9.17, 15) is 27.9 Å². The molecule has 2 aromatic rings. The largest absolute Gasteiger partial charge is 0.421 e. The number of aliphatic hydroxyl groups is 1. The van der Waals surface area contributed by atoms with Crippen molar-refractivity contribution in [2.45, 2.75) is 32.2 Å². The molecule has 0 saturated carbocycles. The van der Waals surface area contributed by atoms with Gasteiger partial charge < -0.3 is 15.7 Å². The normalized spacial score (nSPS) is 13.6. The van der Waals surface area contributed by atoms with Gasteiger partial charge in [-0.05, 0) is 49.2 Å². The zero-order valence-electron chi connectivity index (χ0n) is 15.5. The van der Waals surface area contributed by atoms with E-state index >= 15 is 0 Å². The van der Waals surface area contributed by atoms with Crippen LogP contribution in [0.3, 0.4) is 0 Å². The third-order valence-corrected chi connectivity index (χ3v) is 4.53. The van der Waals surface area contributed by atoms with Gasteiger partial charge in [-0.3, -0.25) is 9.59 Å². The molecular weight excluding hydrogens is 373 g/mol. The Balaban J connectivity index is 2.17. The van der Waals surface area contributed by atoms with E-state index in [0.29, 0.717) is 19.0 Å². The van der Waals surface area contributed by atoms with Crippen LogP contribution < -0.4 is 5.73 Å². The van der Waals surface area contributed by atoms with Crippen LogP contribution >= 0.6 is 0 Å². The summed E-state index contributed by atoms with van der Waals surface area (Å²) in [5.74, 6) is -0.913. The lowest BCUT2D eigenvalue weighted by Crippen LogP contribution is -2.39. The van der Waals surface area contributed by atoms with E-state index in [0.717, 1.165) is 17.7 Å². The molecule has 0 fully saturated rings. The highest BCUT2D eigenvalue weighted by Crippen LogP contribution is 2.38. The molecule has 8 heteroatoms. The predicted molar refractivity (Wildman–Crippen MR) is 97.4 cm³/mol. The zero-order valence-corrected chi connectivity index (χ0v) is 15.5. The van der Waals surface area contributed by atoms with Gasteiger partial charge in [0.25, 0.3) is 5.91 Å². The first-order valence-corrected chi connectivity index (χ1v) is 8.55. The topological polar surface area (TPSA) is 83.6 Å². The molecule has 0 aliphatic heterocycles. The Bertz CT molecular complexity index is 844. The van der Waals surface area contributed by atoms with Crippen LogP contribution in [-0.4, -0.2) is 34.5 Å². The summed E-state index contributed by atoms with van der Waals surface area (Å²) in [6, 6.07) is 11.2. The molecule has 5 nitrogen and oxygen atoms in total. The number of hydrogen-bond donors (Lipinski definition) is 2. The van der Waals surface area contributed by atoms with Crippen LogP contribution in [0.15, 0.2) is 48.5 Å². The molecule has 0 aliphatic carbocycles. The molecule has 0 saturated heterocycles. The minimum atomic E-state index is -4.83. The van der Waals surface area contributed by atoms with E-state index in [1.807, 2.05) is 0 Å². The molecule has 3 N–H and O–H groups in total. The highest BCUT2D eigenvalue weighted by Gasteiger charge is 2.51. The van der Waals surface area contributed by atoms with Crippen LogP contribution in [0.5, 0.6) is 0 Å². The fourth-order valence-electron chi connectivity index (χ4n) is 2.61. The lowest BCUT2D eigenvalue weighted by Gasteiger charge is -2.27. The number of carbonyl (C=O) groups is 2. The standard InChI is InChI=1S/C20H21F3N2O3/c1-3-25(12-13-4-6-14(7-5-13)17(24)26)18(27)15-8-10-16(11-9-15)19(2,28)20(21,22)23/h4-11,28H,3,12H2,1-2H3,(H2,24,26). The van der Waals surface area contributed by atoms with Crippen LogP contribution in [0.25, 0.3) is 0 Å². The van der Waals surface area contributed by atoms with Gasteiger partial charge in [0.15, 0.2) is 5.60 Å². The molecule has 150 valence electrons. The summed E-state index contributed by atoms with van der Waals surface area (Å²) in [4.78, 5) is 25.3. The third-order valence-electron chi connectivity index (χ3n) is 4.53. The fraction of sp³-hybridized carbons (Fsp3) is 0.300. The molecular formula is C20H21F3N2O3. The molecule has 0 spiro atoms. The summed E-state index contributed by atoms with van der Waals surface area (Å²) in [6.45, 7) is 3.07. The Labute approximate surface area is 160 Å². The zero-order chi connectivity index (χ0) is 21.1. The van der Waals surface area contributed by atoms with Gasteiger partial charge in [-0.2, -0.15) is 13.2 Å².